The third-order valence-corrected chi connectivity index (χ3v) is 10.2. The lowest BCUT2D eigenvalue weighted by Gasteiger charge is -2.57. The van der Waals surface area contributed by atoms with Gasteiger partial charge in [-0.2, -0.15) is 4.31 Å². The molecule has 1 aromatic rings. The van der Waals surface area contributed by atoms with Gasteiger partial charge in [-0.3, -0.25) is 4.79 Å². The van der Waals surface area contributed by atoms with E-state index in [4.69, 9.17) is 0 Å². The molecule has 164 valence electrons. The largest absolute Gasteiger partial charge is 0.356 e. The van der Waals surface area contributed by atoms with Crippen LogP contribution in [0.15, 0.2) is 35.2 Å². The van der Waals surface area contributed by atoms with E-state index in [0.717, 1.165) is 30.7 Å². The number of hydrogen-bond acceptors (Lipinski definition) is 3. The molecule has 5 aliphatic rings. The highest BCUT2D eigenvalue weighted by Crippen LogP contribution is 2.61. The molecular formula is C24H34N2O3S. The minimum absolute atomic E-state index is 0.0661. The Morgan fingerprint density at radius 1 is 0.967 bits per heavy atom. The number of amides is 1. The monoisotopic (exact) mass is 430 g/mol. The van der Waals surface area contributed by atoms with Gasteiger partial charge in [-0.15, -0.1) is 0 Å². The summed E-state index contributed by atoms with van der Waals surface area (Å²) in [7, 11) is -3.45. The maximum absolute atomic E-state index is 12.8. The van der Waals surface area contributed by atoms with Crippen LogP contribution in [0, 0.1) is 29.1 Å². The first kappa shape index (κ1) is 20.5. The van der Waals surface area contributed by atoms with Crippen LogP contribution in [0.1, 0.15) is 57.8 Å². The Morgan fingerprint density at radius 3 is 2.10 bits per heavy atom. The van der Waals surface area contributed by atoms with E-state index in [1.165, 1.54) is 42.8 Å². The Bertz CT molecular complexity index is 840. The van der Waals surface area contributed by atoms with Crippen molar-refractivity contribution < 1.29 is 13.2 Å². The number of carbonyl (C=O) groups excluding carboxylic acids is 1. The average Bonchev–Trinajstić information content (AvgIpc) is 2.73. The molecule has 0 spiro atoms. The van der Waals surface area contributed by atoms with Gasteiger partial charge in [-0.05, 0) is 93.1 Å². The second-order valence-corrected chi connectivity index (χ2v) is 12.4. The lowest BCUT2D eigenvalue weighted by molar-refractivity contribution is -0.126. The zero-order chi connectivity index (χ0) is 20.8. The molecule has 0 unspecified atom stereocenters. The third kappa shape index (κ3) is 3.93. The maximum atomic E-state index is 12.8. The number of piperidine rings is 1. The first-order chi connectivity index (χ1) is 14.4. The molecular weight excluding hydrogens is 396 g/mol. The highest BCUT2D eigenvalue weighted by molar-refractivity contribution is 7.89. The Labute approximate surface area is 180 Å². The fourth-order valence-electron chi connectivity index (χ4n) is 7.29. The van der Waals surface area contributed by atoms with Crippen LogP contribution in [-0.2, 0) is 14.8 Å². The number of sulfonamides is 1. The summed E-state index contributed by atoms with van der Waals surface area (Å²) in [6.45, 7) is 1.63. The summed E-state index contributed by atoms with van der Waals surface area (Å²) in [6.07, 6.45) is 10.8. The fraction of sp³-hybridized carbons (Fsp3) is 0.708. The van der Waals surface area contributed by atoms with Gasteiger partial charge >= 0.3 is 0 Å². The molecule has 1 amide bonds. The van der Waals surface area contributed by atoms with E-state index in [9.17, 15) is 13.2 Å². The quantitative estimate of drug-likeness (QED) is 0.746. The first-order valence-electron chi connectivity index (χ1n) is 11.8. The molecule has 1 aromatic carbocycles. The number of nitrogens with zero attached hydrogens (tertiary/aromatic N) is 1. The van der Waals surface area contributed by atoms with Crippen LogP contribution in [0.2, 0.25) is 0 Å². The van der Waals surface area contributed by atoms with Gasteiger partial charge in [0.15, 0.2) is 0 Å². The van der Waals surface area contributed by atoms with Gasteiger partial charge in [0, 0.05) is 25.6 Å². The van der Waals surface area contributed by atoms with E-state index in [0.29, 0.717) is 36.2 Å². The summed E-state index contributed by atoms with van der Waals surface area (Å²) >= 11 is 0. The first-order valence-corrected chi connectivity index (χ1v) is 13.2. The summed E-state index contributed by atoms with van der Waals surface area (Å²) < 4.78 is 27.1. The highest BCUT2D eigenvalue weighted by atomic mass is 32.2. The SMILES string of the molecule is O=C(NCCC12CC3CC(CC(C3)C1)C2)C1CCN(S(=O)(=O)c2ccccc2)CC1. The molecule has 1 aliphatic heterocycles. The number of benzene rings is 1. The normalized spacial score (nSPS) is 34.2. The molecule has 0 aromatic heterocycles. The lowest BCUT2D eigenvalue weighted by Crippen LogP contribution is -2.48. The van der Waals surface area contributed by atoms with E-state index in [2.05, 4.69) is 5.32 Å². The summed E-state index contributed by atoms with van der Waals surface area (Å²) in [5.74, 6) is 2.90. The van der Waals surface area contributed by atoms with E-state index in [1.54, 1.807) is 24.3 Å². The van der Waals surface area contributed by atoms with Crippen molar-refractivity contribution in [2.45, 2.75) is 62.7 Å². The van der Waals surface area contributed by atoms with Gasteiger partial charge in [-0.1, -0.05) is 18.2 Å². The molecule has 1 N–H and O–H groups in total. The van der Waals surface area contributed by atoms with Crippen LogP contribution < -0.4 is 5.32 Å². The second kappa shape index (κ2) is 7.94. The summed E-state index contributed by atoms with van der Waals surface area (Å²) in [5.41, 5.74) is 0.495. The van der Waals surface area contributed by atoms with Gasteiger partial charge in [0.2, 0.25) is 15.9 Å². The third-order valence-electron chi connectivity index (χ3n) is 8.33. The number of nitrogens with one attached hydrogen (secondary N) is 1. The van der Waals surface area contributed by atoms with E-state index in [-0.39, 0.29) is 11.8 Å². The van der Waals surface area contributed by atoms with Crippen LogP contribution in [0.25, 0.3) is 0 Å². The van der Waals surface area contributed by atoms with Gasteiger partial charge < -0.3 is 5.32 Å². The topological polar surface area (TPSA) is 66.5 Å². The molecule has 4 saturated carbocycles. The van der Waals surface area contributed by atoms with Crippen LogP contribution in [0.5, 0.6) is 0 Å². The predicted octanol–water partition coefficient (Wildman–Crippen LogP) is 3.81. The molecule has 1 saturated heterocycles. The Hall–Kier alpha value is -1.40. The van der Waals surface area contributed by atoms with Crippen molar-refractivity contribution in [3.63, 3.8) is 0 Å². The molecule has 5 nitrogen and oxygen atoms in total. The lowest BCUT2D eigenvalue weighted by atomic mass is 9.49. The standard InChI is InChI=1S/C24H34N2O3S/c27-23(25-9-8-24-15-18-12-19(16-24)14-20(13-18)17-24)21-6-10-26(11-7-21)30(28,29)22-4-2-1-3-5-22/h1-5,18-21H,6-17H2,(H,25,27). The maximum Gasteiger partial charge on any atom is 0.243 e. The Kier molecular flexibility index (Phi) is 5.42. The number of hydrogen-bond donors (Lipinski definition) is 1. The molecule has 1 heterocycles. The van der Waals surface area contributed by atoms with Crippen molar-refractivity contribution in [2.24, 2.45) is 29.1 Å². The van der Waals surface area contributed by atoms with E-state index in [1.807, 2.05) is 6.07 Å². The molecule has 6 heteroatoms. The zero-order valence-electron chi connectivity index (χ0n) is 17.8. The molecule has 4 bridgehead atoms. The van der Waals surface area contributed by atoms with Crippen LogP contribution in [-0.4, -0.2) is 38.3 Å². The number of rotatable bonds is 6. The second-order valence-electron chi connectivity index (χ2n) is 10.4. The smallest absolute Gasteiger partial charge is 0.243 e. The molecule has 0 atom stereocenters. The summed E-state index contributed by atoms with van der Waals surface area (Å²) in [6, 6.07) is 8.59. The zero-order valence-corrected chi connectivity index (χ0v) is 18.6. The fourth-order valence-corrected chi connectivity index (χ4v) is 8.78. The molecule has 5 fully saturated rings. The minimum atomic E-state index is -3.45. The van der Waals surface area contributed by atoms with E-state index >= 15 is 0 Å². The van der Waals surface area contributed by atoms with Gasteiger partial charge in [0.1, 0.15) is 0 Å². The van der Waals surface area contributed by atoms with Gasteiger partial charge in [0.25, 0.3) is 0 Å². The van der Waals surface area contributed by atoms with Crippen LogP contribution in [0.4, 0.5) is 0 Å². The molecule has 6 rings (SSSR count). The highest BCUT2D eigenvalue weighted by Gasteiger charge is 2.50. The minimum Gasteiger partial charge on any atom is -0.356 e. The van der Waals surface area contributed by atoms with Gasteiger partial charge in [0.05, 0.1) is 4.90 Å². The van der Waals surface area contributed by atoms with Crippen LogP contribution >= 0.6 is 0 Å². The average molecular weight is 431 g/mol. The summed E-state index contributed by atoms with van der Waals surface area (Å²) in [5, 5.41) is 3.21. The van der Waals surface area contributed by atoms with Crippen molar-refractivity contribution >= 4 is 15.9 Å². The van der Waals surface area contributed by atoms with Gasteiger partial charge in [-0.25, -0.2) is 8.42 Å². The van der Waals surface area contributed by atoms with Crippen molar-refractivity contribution in [3.05, 3.63) is 30.3 Å². The molecule has 0 radical (unpaired) electrons. The van der Waals surface area contributed by atoms with Crippen molar-refractivity contribution in [1.29, 1.82) is 0 Å². The number of carbonyl (C=O) groups is 1. The summed E-state index contributed by atoms with van der Waals surface area (Å²) in [4.78, 5) is 13.1. The van der Waals surface area contributed by atoms with Crippen molar-refractivity contribution in [1.82, 2.24) is 9.62 Å². The Morgan fingerprint density at radius 2 is 1.53 bits per heavy atom. The Balaban J connectivity index is 1.10. The predicted molar refractivity (Wildman–Crippen MR) is 116 cm³/mol. The van der Waals surface area contributed by atoms with Crippen LogP contribution in [0.3, 0.4) is 0 Å². The molecule has 30 heavy (non-hydrogen) atoms. The van der Waals surface area contributed by atoms with E-state index < -0.39 is 10.0 Å². The molecule has 4 aliphatic carbocycles. The van der Waals surface area contributed by atoms with Crippen molar-refractivity contribution in [2.75, 3.05) is 19.6 Å². The van der Waals surface area contributed by atoms with Crippen molar-refractivity contribution in [3.8, 4) is 0 Å².